The Morgan fingerprint density at radius 2 is 1.69 bits per heavy atom. The fraction of sp³-hybridized carbons (Fsp3) is 0.273. The van der Waals surface area contributed by atoms with Crippen LogP contribution in [0.25, 0.3) is 6.08 Å². The molecule has 0 saturated carbocycles. The molecule has 2 saturated heterocycles. The molecule has 0 aromatic heterocycles. The molecule has 45 heavy (non-hydrogen) atoms. The standard InChI is InChI=1S/C33H29F3IN3O5/c34-33(35,36)24-13-7-10-22(18-24)19-38-30(42)26(16-17-28(37)41)39-25(15-14-21-8-3-1-4-9-21)29(31(39)43)40-27(20-45-32(40)44)23-11-5-2-6-12-23/h1-15,18,25-27,29H,16-17,19-20H2,(H,38,42)/b15-14+/t25-,26-,27-,29+/m1/s1. The zero-order valence-corrected chi connectivity index (χ0v) is 26.0. The number of β-lactam (4-membered cyclic amide) rings is 1. The number of likely N-dealkylation sites (tertiary alicyclic amines) is 1. The van der Waals surface area contributed by atoms with Crippen LogP contribution in [0.15, 0.2) is 91.0 Å². The molecule has 1 N–H and O–H groups in total. The number of benzene rings is 3. The number of carbonyl (C=O) groups is 4. The van der Waals surface area contributed by atoms with Crippen molar-refractivity contribution in [2.24, 2.45) is 0 Å². The molecule has 0 bridgehead atoms. The van der Waals surface area contributed by atoms with Gasteiger partial charge >= 0.3 is 12.3 Å². The molecule has 2 aliphatic heterocycles. The lowest BCUT2D eigenvalue weighted by Gasteiger charge is -2.52. The first-order valence-corrected chi connectivity index (χ1v) is 15.3. The van der Waals surface area contributed by atoms with Crippen molar-refractivity contribution in [2.45, 2.75) is 49.7 Å². The van der Waals surface area contributed by atoms with E-state index in [-0.39, 0.29) is 35.3 Å². The van der Waals surface area contributed by atoms with Gasteiger partial charge in [-0.2, -0.15) is 13.2 Å². The molecule has 12 heteroatoms. The van der Waals surface area contributed by atoms with Crippen molar-refractivity contribution in [3.63, 3.8) is 0 Å². The zero-order valence-electron chi connectivity index (χ0n) is 23.8. The number of hydrogen-bond acceptors (Lipinski definition) is 5. The second-order valence-electron chi connectivity index (χ2n) is 10.7. The summed E-state index contributed by atoms with van der Waals surface area (Å²) in [6, 6.07) is 19.6. The molecule has 8 nitrogen and oxygen atoms in total. The second-order valence-corrected chi connectivity index (χ2v) is 11.9. The molecule has 234 valence electrons. The zero-order chi connectivity index (χ0) is 32.1. The van der Waals surface area contributed by atoms with Crippen LogP contribution < -0.4 is 5.32 Å². The molecule has 0 aliphatic carbocycles. The summed E-state index contributed by atoms with van der Waals surface area (Å²) in [5.41, 5.74) is 0.984. The smallest absolute Gasteiger partial charge is 0.416 e. The van der Waals surface area contributed by atoms with E-state index in [0.717, 1.165) is 23.3 Å². The van der Waals surface area contributed by atoms with E-state index < -0.39 is 53.8 Å². The fourth-order valence-electron chi connectivity index (χ4n) is 5.62. The van der Waals surface area contributed by atoms with Crippen molar-refractivity contribution in [3.8, 4) is 0 Å². The Balaban J connectivity index is 1.44. The third kappa shape index (κ3) is 7.38. The number of carbonyl (C=O) groups excluding carboxylic acids is 4. The van der Waals surface area contributed by atoms with Crippen LogP contribution in [0.4, 0.5) is 18.0 Å². The van der Waals surface area contributed by atoms with Gasteiger partial charge < -0.3 is 15.0 Å². The van der Waals surface area contributed by atoms with Crippen molar-refractivity contribution in [2.75, 3.05) is 6.61 Å². The number of amides is 3. The van der Waals surface area contributed by atoms with Crippen LogP contribution in [0.5, 0.6) is 0 Å². The Hall–Kier alpha value is -4.20. The van der Waals surface area contributed by atoms with Gasteiger partial charge in [0.25, 0.3) is 0 Å². The molecular weight excluding hydrogens is 702 g/mol. The Morgan fingerprint density at radius 3 is 2.36 bits per heavy atom. The predicted octanol–water partition coefficient (Wildman–Crippen LogP) is 5.92. The Kier molecular flexibility index (Phi) is 9.90. The average Bonchev–Trinajstić information content (AvgIpc) is 3.40. The number of cyclic esters (lactones) is 1. The summed E-state index contributed by atoms with van der Waals surface area (Å²) in [6.45, 7) is -0.173. The summed E-state index contributed by atoms with van der Waals surface area (Å²) in [7, 11) is 0. The van der Waals surface area contributed by atoms with E-state index in [1.165, 1.54) is 21.9 Å². The first kappa shape index (κ1) is 32.2. The first-order valence-electron chi connectivity index (χ1n) is 14.2. The lowest BCUT2D eigenvalue weighted by atomic mass is 9.87. The van der Waals surface area contributed by atoms with E-state index in [0.29, 0.717) is 0 Å². The van der Waals surface area contributed by atoms with Crippen LogP contribution in [-0.2, 0) is 31.8 Å². The number of rotatable bonds is 11. The molecule has 4 atom stereocenters. The van der Waals surface area contributed by atoms with E-state index in [9.17, 15) is 32.3 Å². The molecule has 3 aromatic rings. The lowest BCUT2D eigenvalue weighted by molar-refractivity contribution is -0.163. The number of halogens is 4. The quantitative estimate of drug-likeness (QED) is 0.150. The van der Waals surface area contributed by atoms with Crippen LogP contribution in [0.1, 0.15) is 41.1 Å². The van der Waals surface area contributed by atoms with Crippen LogP contribution >= 0.6 is 22.6 Å². The van der Waals surface area contributed by atoms with Gasteiger partial charge in [-0.3, -0.25) is 19.3 Å². The Morgan fingerprint density at radius 1 is 1.00 bits per heavy atom. The molecule has 2 fully saturated rings. The third-order valence-corrected chi connectivity index (χ3v) is 8.35. The number of nitrogens with one attached hydrogen (secondary N) is 1. The van der Waals surface area contributed by atoms with Gasteiger partial charge in [-0.05, 0) is 57.8 Å². The number of alkyl halides is 3. The van der Waals surface area contributed by atoms with E-state index in [1.54, 1.807) is 34.7 Å². The Labute approximate surface area is 271 Å². The summed E-state index contributed by atoms with van der Waals surface area (Å²) in [5.74, 6) is -1.13. The van der Waals surface area contributed by atoms with Gasteiger partial charge in [0.15, 0.2) is 3.79 Å². The van der Waals surface area contributed by atoms with Crippen LogP contribution in [-0.4, -0.2) is 56.2 Å². The van der Waals surface area contributed by atoms with Crippen molar-refractivity contribution < 1.29 is 37.1 Å². The monoisotopic (exact) mass is 731 g/mol. The van der Waals surface area contributed by atoms with Crippen molar-refractivity contribution >= 4 is 50.4 Å². The van der Waals surface area contributed by atoms with Crippen LogP contribution in [0.2, 0.25) is 0 Å². The summed E-state index contributed by atoms with van der Waals surface area (Å²) in [6.07, 6.45) is -1.71. The fourth-order valence-corrected chi connectivity index (χ4v) is 5.93. The minimum Gasteiger partial charge on any atom is -0.447 e. The molecule has 0 radical (unpaired) electrons. The van der Waals surface area contributed by atoms with E-state index in [4.69, 9.17) is 4.74 Å². The highest BCUT2D eigenvalue weighted by Crippen LogP contribution is 2.39. The number of hydrogen-bond donors (Lipinski definition) is 1. The normalized spacial score (nSPS) is 20.6. The molecule has 5 rings (SSSR count). The molecule has 3 aromatic carbocycles. The number of nitrogens with zero attached hydrogens (tertiary/aromatic N) is 2. The first-order chi connectivity index (χ1) is 21.5. The maximum absolute atomic E-state index is 14.0. The maximum atomic E-state index is 14.0. The van der Waals surface area contributed by atoms with Crippen LogP contribution in [0, 0.1) is 0 Å². The van der Waals surface area contributed by atoms with E-state index >= 15 is 0 Å². The van der Waals surface area contributed by atoms with Gasteiger partial charge in [0.1, 0.15) is 18.7 Å². The largest absolute Gasteiger partial charge is 0.447 e. The van der Waals surface area contributed by atoms with Gasteiger partial charge in [-0.15, -0.1) is 0 Å². The number of ether oxygens (including phenoxy) is 1. The summed E-state index contributed by atoms with van der Waals surface area (Å²) >= 11 is 1.61. The van der Waals surface area contributed by atoms with Crippen molar-refractivity contribution in [3.05, 3.63) is 113 Å². The van der Waals surface area contributed by atoms with E-state index in [1.807, 2.05) is 60.7 Å². The Bertz CT molecular complexity index is 1590. The van der Waals surface area contributed by atoms with Gasteiger partial charge in [0.05, 0.1) is 17.6 Å². The predicted molar refractivity (Wildman–Crippen MR) is 168 cm³/mol. The second kappa shape index (κ2) is 13.8. The highest BCUT2D eigenvalue weighted by molar-refractivity contribution is 14.1. The topological polar surface area (TPSA) is 96.0 Å². The minimum absolute atomic E-state index is 0.0170. The van der Waals surface area contributed by atoms with E-state index in [2.05, 4.69) is 5.32 Å². The SMILES string of the molecule is O=C(I)CC[C@H](C(=O)NCc1cccc(C(F)(F)F)c1)N1C(=O)[C@@H](N2C(=O)OC[C@@H]2c2ccccc2)[C@H]1/C=C/c1ccccc1. The summed E-state index contributed by atoms with van der Waals surface area (Å²) in [4.78, 5) is 55.3. The van der Waals surface area contributed by atoms with Crippen LogP contribution in [0.3, 0.4) is 0 Å². The van der Waals surface area contributed by atoms with Gasteiger partial charge in [0.2, 0.25) is 11.8 Å². The highest BCUT2D eigenvalue weighted by atomic mass is 127. The lowest BCUT2D eigenvalue weighted by Crippen LogP contribution is -2.74. The average molecular weight is 732 g/mol. The minimum atomic E-state index is -4.55. The summed E-state index contributed by atoms with van der Waals surface area (Å²) in [5, 5.41) is 2.65. The molecule has 3 amide bonds. The van der Waals surface area contributed by atoms with Crippen molar-refractivity contribution in [1.82, 2.24) is 15.1 Å². The van der Waals surface area contributed by atoms with Gasteiger partial charge in [0, 0.05) is 13.0 Å². The molecule has 0 unspecified atom stereocenters. The maximum Gasteiger partial charge on any atom is 0.416 e. The van der Waals surface area contributed by atoms with Gasteiger partial charge in [-0.1, -0.05) is 84.9 Å². The third-order valence-electron chi connectivity index (χ3n) is 7.81. The molecule has 0 spiro atoms. The molecular formula is C33H29F3IN3O5. The molecule has 2 aliphatic rings. The van der Waals surface area contributed by atoms with Gasteiger partial charge in [-0.25, -0.2) is 4.79 Å². The molecule has 2 heterocycles. The summed E-state index contributed by atoms with van der Waals surface area (Å²) < 4.78 is 44.9. The highest BCUT2D eigenvalue weighted by Gasteiger charge is 2.57. The van der Waals surface area contributed by atoms with Crippen molar-refractivity contribution in [1.29, 1.82) is 0 Å².